The molecule has 0 spiro atoms. The molecular weight excluding hydrogens is 934 g/mol. The van der Waals surface area contributed by atoms with E-state index in [2.05, 4.69) is 54.8 Å². The van der Waals surface area contributed by atoms with Crippen molar-refractivity contribution < 1.29 is 24.3 Å². The number of aliphatic hydroxyl groups is 1. The molecule has 0 aliphatic carbocycles. The second-order valence-electron chi connectivity index (χ2n) is 19.3. The predicted octanol–water partition coefficient (Wildman–Crippen LogP) is 5.55. The Bertz CT molecular complexity index is 2700. The number of likely N-dealkylation sites (tertiary alicyclic amines) is 1. The minimum Gasteiger partial charge on any atom is -0.391 e. The van der Waals surface area contributed by atoms with Crippen LogP contribution in [-0.4, -0.2) is 139 Å². The van der Waals surface area contributed by atoms with Gasteiger partial charge in [0.15, 0.2) is 5.82 Å². The van der Waals surface area contributed by atoms with Gasteiger partial charge >= 0.3 is 0 Å². The van der Waals surface area contributed by atoms with Crippen LogP contribution in [0.25, 0.3) is 15.4 Å². The van der Waals surface area contributed by atoms with E-state index in [4.69, 9.17) is 16.6 Å². The zero-order valence-electron chi connectivity index (χ0n) is 40.3. The number of hydrogen-bond acceptors (Lipinski definition) is 13. The molecule has 4 amide bonds. The summed E-state index contributed by atoms with van der Waals surface area (Å²) in [5, 5.41) is 30.3. The Hall–Kier alpha value is -5.37. The van der Waals surface area contributed by atoms with E-state index in [0.29, 0.717) is 30.5 Å². The molecule has 69 heavy (non-hydrogen) atoms. The number of aliphatic imine (C=N–C) groups is 1. The van der Waals surface area contributed by atoms with Crippen LogP contribution in [0, 0.1) is 33.1 Å². The number of rotatable bonds is 15. The first-order chi connectivity index (χ1) is 32.9. The number of thiophene rings is 1. The highest BCUT2D eigenvalue weighted by atomic mass is 35.5. The summed E-state index contributed by atoms with van der Waals surface area (Å²) >= 11 is 9.52. The van der Waals surface area contributed by atoms with E-state index in [1.807, 2.05) is 93.2 Å². The largest absolute Gasteiger partial charge is 0.391 e. The highest BCUT2D eigenvalue weighted by Gasteiger charge is 2.44. The molecule has 2 saturated heterocycles. The lowest BCUT2D eigenvalue weighted by Gasteiger charge is -2.36. The number of halogens is 1. The summed E-state index contributed by atoms with van der Waals surface area (Å²) in [6.07, 6.45) is -0.423. The second kappa shape index (κ2) is 21.3. The molecule has 4 N–H and O–H groups in total. The Morgan fingerprint density at radius 1 is 0.884 bits per heavy atom. The van der Waals surface area contributed by atoms with E-state index >= 15 is 0 Å². The van der Waals surface area contributed by atoms with Crippen LogP contribution in [0.15, 0.2) is 59.0 Å². The van der Waals surface area contributed by atoms with E-state index in [9.17, 15) is 24.3 Å². The van der Waals surface area contributed by atoms with Crippen molar-refractivity contribution >= 4 is 63.6 Å². The van der Waals surface area contributed by atoms with Crippen LogP contribution in [-0.2, 0) is 25.7 Å². The lowest BCUT2D eigenvalue weighted by molar-refractivity contribution is -0.144. The molecule has 0 bridgehead atoms. The quantitative estimate of drug-likeness (QED) is 0.103. The summed E-state index contributed by atoms with van der Waals surface area (Å²) in [6, 6.07) is 13.2. The maximum Gasteiger partial charge on any atom is 0.246 e. The molecule has 2 aromatic carbocycles. The third kappa shape index (κ3) is 11.5. The van der Waals surface area contributed by atoms with E-state index in [1.165, 1.54) is 9.78 Å². The van der Waals surface area contributed by atoms with Crippen LogP contribution < -0.4 is 16.0 Å². The van der Waals surface area contributed by atoms with Gasteiger partial charge in [0.05, 0.1) is 34.3 Å². The zero-order chi connectivity index (χ0) is 49.1. The van der Waals surface area contributed by atoms with Crippen molar-refractivity contribution in [3.63, 3.8) is 0 Å². The third-order valence-corrected chi connectivity index (χ3v) is 15.7. The number of aromatic nitrogens is 4. The molecule has 6 heterocycles. The second-order valence-corrected chi connectivity index (χ2v) is 21.8. The van der Waals surface area contributed by atoms with Crippen LogP contribution in [0.3, 0.4) is 0 Å². The van der Waals surface area contributed by atoms with Crippen LogP contribution in [0.4, 0.5) is 0 Å². The number of piperazine rings is 1. The number of carbonyl (C=O) groups is 4. The predicted molar refractivity (Wildman–Crippen MR) is 270 cm³/mol. The van der Waals surface area contributed by atoms with Gasteiger partial charge in [0.1, 0.15) is 29.0 Å². The fourth-order valence-electron chi connectivity index (χ4n) is 9.24. The Morgan fingerprint density at radius 3 is 2.23 bits per heavy atom. The highest BCUT2D eigenvalue weighted by molar-refractivity contribution is 7.15. The number of amides is 4. The van der Waals surface area contributed by atoms with Crippen molar-refractivity contribution in [2.24, 2.45) is 10.4 Å². The molecule has 1 unspecified atom stereocenters. The number of aliphatic hydroxyl groups excluding tert-OH is 1. The van der Waals surface area contributed by atoms with Gasteiger partial charge in [-0.2, -0.15) is 0 Å². The van der Waals surface area contributed by atoms with Crippen molar-refractivity contribution in [1.29, 1.82) is 0 Å². The number of fused-ring (bicyclic) bond motifs is 3. The molecule has 3 aliphatic heterocycles. The number of hydrogen-bond donors (Lipinski definition) is 4. The van der Waals surface area contributed by atoms with Crippen LogP contribution in [0.5, 0.6) is 0 Å². The van der Waals surface area contributed by atoms with Crippen LogP contribution in [0.1, 0.15) is 90.5 Å². The summed E-state index contributed by atoms with van der Waals surface area (Å²) in [5.41, 5.74) is 7.97. The number of carbonyl (C=O) groups excluding carboxylic acids is 4. The summed E-state index contributed by atoms with van der Waals surface area (Å²) in [6.45, 7) is 18.8. The smallest absolute Gasteiger partial charge is 0.246 e. The maximum atomic E-state index is 14.2. The van der Waals surface area contributed by atoms with Gasteiger partial charge in [0.25, 0.3) is 0 Å². The minimum absolute atomic E-state index is 0.0109. The van der Waals surface area contributed by atoms with E-state index in [0.717, 1.165) is 81.1 Å². The lowest BCUT2D eigenvalue weighted by Crippen LogP contribution is -2.58. The number of β-amino-alcohol motifs (C(OH)–C–C–N with tert-alkyl or cyclic N) is 1. The van der Waals surface area contributed by atoms with E-state index in [1.54, 1.807) is 22.7 Å². The van der Waals surface area contributed by atoms with Crippen molar-refractivity contribution in [3.8, 4) is 15.4 Å². The van der Waals surface area contributed by atoms with Gasteiger partial charge in [0, 0.05) is 92.8 Å². The Balaban J connectivity index is 0.793. The molecule has 3 aliphatic rings. The Labute approximate surface area is 416 Å². The topological polar surface area (TPSA) is 190 Å². The monoisotopic (exact) mass is 995 g/mol. The first kappa shape index (κ1) is 50.0. The average Bonchev–Trinajstić information content (AvgIpc) is 4.09. The normalized spacial score (nSPS) is 19.1. The van der Waals surface area contributed by atoms with Gasteiger partial charge in [-0.3, -0.25) is 33.6 Å². The van der Waals surface area contributed by atoms with Gasteiger partial charge in [-0.1, -0.05) is 68.8 Å². The van der Waals surface area contributed by atoms with Gasteiger partial charge in [-0.05, 0) is 61.9 Å². The molecular formula is C50H62ClN11O5S2. The molecule has 2 fully saturated rings. The summed E-state index contributed by atoms with van der Waals surface area (Å²) < 4.78 is 2.04. The SMILES string of the molecule is Cc1ncsc1-c1ccc(CNC(=O)[C@@H]2C[C@@H](O)CN2C(=O)C(NC(=O)CCN2CCN(CCNC(=O)C[C@@H]3N=C(c4ccc(Cl)cc4)c4c(sc(C)c4C)-n4c(C)nnc43)CC2)C(C)(C)C)cc1. The molecule has 3 aromatic heterocycles. The molecule has 8 rings (SSSR count). The highest BCUT2D eigenvalue weighted by Crippen LogP contribution is 2.40. The van der Waals surface area contributed by atoms with Gasteiger partial charge < -0.3 is 30.9 Å². The number of benzene rings is 2. The summed E-state index contributed by atoms with van der Waals surface area (Å²) in [7, 11) is 0. The molecule has 19 heteroatoms. The lowest BCUT2D eigenvalue weighted by atomic mass is 9.85. The standard InChI is InChI=1S/C50H62ClN11O5S2/c1-29-31(3)69-49-42(29)43(34-12-14-36(51)15-13-34)55-38(46-58-57-32(4)62(46)49)25-41(65)52-17-19-60-22-20-59(21-23-60)18-16-40(64)56-45(50(5,6)7)48(67)61-27-37(63)24-39(61)47(66)53-26-33-8-10-35(11-9-33)44-30(2)54-28-68-44/h8-15,28,37-39,45,63H,16-27H2,1-7H3,(H,52,65)(H,53,66)(H,56,64)/t37-,38+,39+,45?/m1/s1. The maximum absolute atomic E-state index is 14.2. The Morgan fingerprint density at radius 2 is 1.57 bits per heavy atom. The molecule has 4 atom stereocenters. The fraction of sp³-hybridized carbons (Fsp3) is 0.480. The molecule has 5 aromatic rings. The van der Waals surface area contributed by atoms with Crippen molar-refractivity contribution in [3.05, 3.63) is 104 Å². The third-order valence-electron chi connectivity index (χ3n) is 13.3. The molecule has 16 nitrogen and oxygen atoms in total. The Kier molecular flexibility index (Phi) is 15.5. The zero-order valence-corrected chi connectivity index (χ0v) is 42.7. The first-order valence-corrected chi connectivity index (χ1v) is 25.6. The van der Waals surface area contributed by atoms with Crippen LogP contribution >= 0.6 is 34.3 Å². The van der Waals surface area contributed by atoms with E-state index in [-0.39, 0.29) is 56.0 Å². The first-order valence-electron chi connectivity index (χ1n) is 23.6. The number of thiazole rings is 1. The van der Waals surface area contributed by atoms with Crippen molar-refractivity contribution in [2.45, 2.75) is 98.5 Å². The number of nitrogens with zero attached hydrogens (tertiary/aromatic N) is 8. The minimum atomic E-state index is -0.898. The number of aryl methyl sites for hydroxylation is 3. The van der Waals surface area contributed by atoms with Gasteiger partial charge in [-0.15, -0.1) is 32.9 Å². The van der Waals surface area contributed by atoms with Crippen LogP contribution in [0.2, 0.25) is 5.02 Å². The fourth-order valence-corrected chi connectivity index (χ4v) is 11.4. The van der Waals surface area contributed by atoms with E-state index < -0.39 is 29.6 Å². The molecule has 0 radical (unpaired) electrons. The molecule has 0 saturated carbocycles. The molecule has 366 valence electrons. The van der Waals surface area contributed by atoms with Gasteiger partial charge in [0.2, 0.25) is 23.6 Å². The number of nitrogens with one attached hydrogen (secondary N) is 3. The summed E-state index contributed by atoms with van der Waals surface area (Å²) in [4.78, 5) is 72.5. The van der Waals surface area contributed by atoms with Crippen molar-refractivity contribution in [2.75, 3.05) is 52.4 Å². The van der Waals surface area contributed by atoms with Gasteiger partial charge in [-0.25, -0.2) is 4.98 Å². The van der Waals surface area contributed by atoms with Crippen molar-refractivity contribution in [1.82, 2.24) is 50.4 Å². The average molecular weight is 997 g/mol. The summed E-state index contributed by atoms with van der Waals surface area (Å²) in [5.74, 6) is 0.266.